The normalized spacial score (nSPS) is 11.4. The quantitative estimate of drug-likeness (QED) is 0.00601. The molecule has 0 aliphatic heterocycles. The molecule has 0 saturated heterocycles. The summed E-state index contributed by atoms with van der Waals surface area (Å²) in [4.78, 5) is 87.9. The van der Waals surface area contributed by atoms with Crippen LogP contribution in [0.1, 0.15) is 121 Å². The molecule has 6 aromatic heterocycles. The number of hydrogen-bond acceptors (Lipinski definition) is 23. The van der Waals surface area contributed by atoms with Crippen LogP contribution in [0, 0.1) is 13.8 Å². The number of phenols is 3. The van der Waals surface area contributed by atoms with Crippen LogP contribution in [-0.2, 0) is 91.3 Å². The lowest BCUT2D eigenvalue weighted by Gasteiger charge is -2.14. The molecular weight excluding hydrogens is 1410 g/mol. The van der Waals surface area contributed by atoms with Gasteiger partial charge < -0.3 is 65.0 Å². The van der Waals surface area contributed by atoms with E-state index in [9.17, 15) is 44.1 Å². The van der Waals surface area contributed by atoms with Crippen molar-refractivity contribution in [3.8, 4) is 23.0 Å². The van der Waals surface area contributed by atoms with Crippen LogP contribution in [0.3, 0.4) is 0 Å². The van der Waals surface area contributed by atoms with Gasteiger partial charge in [-0.15, -0.1) is 0 Å². The van der Waals surface area contributed by atoms with Crippen molar-refractivity contribution in [2.45, 2.75) is 131 Å². The standard InChI is InChI=1S/C27H32N5O6P.C27H31N5O3.C26H29N5O4/c1-3-4-5-24-31-25-26(32(24)16-20-7-9-23(18(2)14-20)38-39(34,35)36)21-15-19(6-8-22(21)30-27(25)28)10-12-37-13-11-29-17-33;1-3-4-5-24-31-25-26(32(24)16-20-7-9-23(34)18(2)14-20)21-15-19(6-8-22(21)30-27(25)28)10-12-35-13-11-29-17-33;1-2-3-7-22-30-23-24(31(22)15-18-5-4-6-21(33)25(18)34)19-14-17(8-9-20(19)29-26(23)27)10-12-35-13-11-28-16-32/h6-9,14-15H,3-5,10-13,16H2,1-2H3,(H2,28,30)(H2,34,35,36);6-9,14-15,34H,3-5,10-13,16H2,1-2H3,(H2,28,30);4-6,8-9,14,33-34H,2-3,7,10-13,15H2,1H3,(H2,27,29). The van der Waals surface area contributed by atoms with E-state index in [1.54, 1.807) is 37.3 Å². The number of imidazole rings is 3. The number of phosphoric acid groups is 1. The fraction of sp³-hybridized carbons (Fsp3) is 0.362. The van der Waals surface area contributed by atoms with Gasteiger partial charge in [0.05, 0.1) is 98.9 Å². The minimum Gasteiger partial charge on any atom is -0.508 e. The lowest BCUT2D eigenvalue weighted by Crippen LogP contribution is -2.07. The number of nitrogens with zero attached hydrogens (tertiary/aromatic N) is 12. The second kappa shape index (κ2) is 38.5. The van der Waals surface area contributed by atoms with Crippen molar-refractivity contribution in [1.82, 2.24) is 43.6 Å². The number of pyridine rings is 3. The zero-order valence-corrected chi connectivity index (χ0v) is 62.8. The number of phenolic OH excluding ortho intramolecular Hbond substituents is 3. The Balaban J connectivity index is 0.000000175. The minimum absolute atomic E-state index is 0.137. The molecule has 109 heavy (non-hydrogen) atoms. The molecule has 6 aromatic carbocycles. The highest BCUT2D eigenvalue weighted by Crippen LogP contribution is 2.41. The summed E-state index contributed by atoms with van der Waals surface area (Å²) >= 11 is 0. The Labute approximate surface area is 629 Å². The first-order valence-corrected chi connectivity index (χ1v) is 38.0. The fourth-order valence-electron chi connectivity index (χ4n) is 13.0. The van der Waals surface area contributed by atoms with E-state index in [2.05, 4.69) is 82.6 Å². The van der Waals surface area contributed by atoms with Gasteiger partial charge in [-0.05, 0) is 146 Å². The number of rotatable bonds is 35. The third-order valence-electron chi connectivity index (χ3n) is 18.5. The van der Waals surface area contributed by atoms with Crippen molar-refractivity contribution < 1.29 is 62.8 Å². The summed E-state index contributed by atoms with van der Waals surface area (Å²) in [7, 11) is -4.66. The minimum atomic E-state index is -4.66. The number of nitrogen functional groups attached to an aromatic ring is 3. The summed E-state index contributed by atoms with van der Waals surface area (Å²) in [6.45, 7) is 15.0. The number of aryl methyl sites for hydroxylation is 5. The molecule has 0 amide bonds. The van der Waals surface area contributed by atoms with Gasteiger partial charge in [0.15, 0.2) is 29.0 Å². The number of para-hydroxylation sites is 1. The first kappa shape index (κ1) is 80.3. The zero-order chi connectivity index (χ0) is 77.6. The maximum absolute atomic E-state index is 11.3. The van der Waals surface area contributed by atoms with Gasteiger partial charge in [-0.25, -0.2) is 63.8 Å². The van der Waals surface area contributed by atoms with Crippen LogP contribution in [0.5, 0.6) is 23.0 Å². The van der Waals surface area contributed by atoms with E-state index in [1.807, 2.05) is 61.5 Å². The molecule has 0 bridgehead atoms. The van der Waals surface area contributed by atoms with Crippen molar-refractivity contribution >= 4 is 109 Å². The van der Waals surface area contributed by atoms with Crippen molar-refractivity contribution in [3.05, 3.63) is 171 Å². The third-order valence-corrected chi connectivity index (χ3v) is 18.9. The number of benzene rings is 6. The molecule has 29 heteroatoms. The Kier molecular flexibility index (Phi) is 28.4. The third kappa shape index (κ3) is 20.7. The molecule has 0 aliphatic rings. The van der Waals surface area contributed by atoms with Gasteiger partial charge in [0.25, 0.3) is 0 Å². The number of isocyanates is 3. The van der Waals surface area contributed by atoms with Crippen molar-refractivity contribution in [2.24, 2.45) is 15.0 Å². The van der Waals surface area contributed by atoms with Gasteiger partial charge >= 0.3 is 7.82 Å². The highest BCUT2D eigenvalue weighted by Gasteiger charge is 2.24. The molecule has 0 aliphatic carbocycles. The lowest BCUT2D eigenvalue weighted by atomic mass is 10.1. The van der Waals surface area contributed by atoms with Gasteiger partial charge in [-0.1, -0.05) is 94.6 Å². The number of aromatic nitrogens is 9. The Morgan fingerprint density at radius 2 is 0.817 bits per heavy atom. The number of aliphatic imine (C=N–C) groups is 3. The van der Waals surface area contributed by atoms with Gasteiger partial charge in [0.1, 0.15) is 45.5 Å². The van der Waals surface area contributed by atoms with Crippen LogP contribution in [-0.4, -0.2) is 146 Å². The number of fused-ring (bicyclic) bond motifs is 9. The molecule has 11 N–H and O–H groups in total. The Bertz CT molecular complexity index is 5410. The molecule has 12 aromatic rings. The van der Waals surface area contributed by atoms with Crippen LogP contribution in [0.4, 0.5) is 17.5 Å². The predicted molar refractivity (Wildman–Crippen MR) is 420 cm³/mol. The summed E-state index contributed by atoms with van der Waals surface area (Å²) in [5.41, 5.74) is 33.4. The van der Waals surface area contributed by atoms with Crippen molar-refractivity contribution in [1.29, 1.82) is 0 Å². The van der Waals surface area contributed by atoms with Gasteiger partial charge in [0.2, 0.25) is 18.2 Å². The second-order valence-electron chi connectivity index (χ2n) is 26.4. The van der Waals surface area contributed by atoms with E-state index < -0.39 is 7.82 Å². The van der Waals surface area contributed by atoms with Crippen LogP contribution in [0.15, 0.2) is 124 Å². The van der Waals surface area contributed by atoms with E-state index in [-0.39, 0.29) is 23.8 Å². The molecule has 0 atom stereocenters. The number of hydrogen-bond donors (Lipinski definition) is 8. The summed E-state index contributed by atoms with van der Waals surface area (Å²) < 4.78 is 39.3. The topological polar surface area (TPSA) is 414 Å². The largest absolute Gasteiger partial charge is 0.524 e. The van der Waals surface area contributed by atoms with E-state index in [0.29, 0.717) is 131 Å². The van der Waals surface area contributed by atoms with Crippen molar-refractivity contribution in [3.63, 3.8) is 0 Å². The number of ether oxygens (including phenoxy) is 3. The van der Waals surface area contributed by atoms with Crippen LogP contribution < -0.4 is 21.7 Å². The first-order chi connectivity index (χ1) is 52.7. The Morgan fingerprint density at radius 3 is 1.18 bits per heavy atom. The van der Waals surface area contributed by atoms with Crippen molar-refractivity contribution in [2.75, 3.05) is 76.5 Å². The molecular formula is C80H92N15O13P. The number of carbonyl (C=O) groups excluding carboxylic acids is 3. The van der Waals surface area contributed by atoms with Crippen LogP contribution >= 0.6 is 7.82 Å². The van der Waals surface area contributed by atoms with E-state index >= 15 is 0 Å². The number of unbranched alkanes of at least 4 members (excludes halogenated alkanes) is 3. The van der Waals surface area contributed by atoms with E-state index in [1.165, 1.54) is 24.3 Å². The average Bonchev–Trinajstić information content (AvgIpc) is 1.62. The number of anilines is 3. The number of phosphoric ester groups is 1. The molecule has 0 spiro atoms. The summed E-state index contributed by atoms with van der Waals surface area (Å²) in [5, 5.41) is 33.3. The summed E-state index contributed by atoms with van der Waals surface area (Å²) in [5.74, 6) is 4.01. The Hall–Kier alpha value is -11.3. The van der Waals surface area contributed by atoms with Gasteiger partial charge in [0, 0.05) is 54.1 Å². The maximum atomic E-state index is 11.3. The average molecular weight is 1500 g/mol. The summed E-state index contributed by atoms with van der Waals surface area (Å²) in [6, 6.07) is 34.1. The maximum Gasteiger partial charge on any atom is 0.524 e. The molecule has 28 nitrogen and oxygen atoms in total. The molecule has 0 unspecified atom stereocenters. The molecule has 6 heterocycles. The van der Waals surface area contributed by atoms with Gasteiger partial charge in [-0.3, -0.25) is 9.79 Å². The highest BCUT2D eigenvalue weighted by molar-refractivity contribution is 7.46. The second-order valence-corrected chi connectivity index (χ2v) is 27.5. The van der Waals surface area contributed by atoms with Crippen LogP contribution in [0.2, 0.25) is 0 Å². The number of aromatic hydroxyl groups is 3. The lowest BCUT2D eigenvalue weighted by molar-refractivity contribution is 0.145. The molecule has 570 valence electrons. The molecule has 0 fully saturated rings. The fourth-order valence-corrected chi connectivity index (χ4v) is 13.5. The Morgan fingerprint density at radius 1 is 0.440 bits per heavy atom. The molecule has 0 saturated carbocycles. The number of nitrogens with two attached hydrogens (primary N) is 3. The smallest absolute Gasteiger partial charge is 0.508 e. The molecule has 12 rings (SSSR count). The monoisotopic (exact) mass is 1500 g/mol. The first-order valence-electron chi connectivity index (χ1n) is 36.4. The highest BCUT2D eigenvalue weighted by atomic mass is 31.2. The van der Waals surface area contributed by atoms with Crippen LogP contribution in [0.25, 0.3) is 65.8 Å². The van der Waals surface area contributed by atoms with E-state index in [4.69, 9.17) is 50.9 Å². The predicted octanol–water partition coefficient (Wildman–Crippen LogP) is 12.6. The SMILES string of the molecule is CCCCc1nc2c(N)nc3ccc(CCOCCN=C=O)cc3c2n1Cc1ccc(O)c(C)c1.CCCCc1nc2c(N)nc3ccc(CCOCCN=C=O)cc3c2n1Cc1ccc(OP(=O)(O)O)c(C)c1.CCCCc1nc2c(N)nc3ccc(CCOCCN=C=O)cc3c2n1Cc1cccc(O)c1O. The molecule has 0 radical (unpaired) electrons. The summed E-state index contributed by atoms with van der Waals surface area (Å²) in [6.07, 6.45) is 15.0. The van der Waals surface area contributed by atoms with Gasteiger partial charge in [-0.2, -0.15) is 0 Å². The van der Waals surface area contributed by atoms with E-state index in [0.717, 1.165) is 170 Å². The zero-order valence-electron chi connectivity index (χ0n) is 61.9.